The van der Waals surface area contributed by atoms with Crippen molar-refractivity contribution in [2.75, 3.05) is 5.32 Å². The molecule has 0 radical (unpaired) electrons. The number of primary sulfonamides is 1. The maximum absolute atomic E-state index is 11.9. The van der Waals surface area contributed by atoms with Crippen LogP contribution in [0.3, 0.4) is 0 Å². The number of rotatable bonds is 4. The summed E-state index contributed by atoms with van der Waals surface area (Å²) in [7, 11) is -3.77. The molecule has 0 saturated carbocycles. The highest BCUT2D eigenvalue weighted by atomic mass is 35.5. The van der Waals surface area contributed by atoms with Crippen LogP contribution in [0, 0.1) is 6.92 Å². The summed E-state index contributed by atoms with van der Waals surface area (Å²) in [6.07, 6.45) is 0. The van der Waals surface area contributed by atoms with Gasteiger partial charge in [0.2, 0.25) is 10.0 Å². The molecule has 0 saturated heterocycles. The molecule has 132 valence electrons. The number of amides is 2. The third-order valence-corrected chi connectivity index (χ3v) is 4.51. The molecule has 0 aliphatic heterocycles. The van der Waals surface area contributed by atoms with Crippen LogP contribution in [0.25, 0.3) is 0 Å². The molecule has 25 heavy (non-hydrogen) atoms. The number of halogens is 1. The minimum Gasteiger partial charge on any atom is -0.344 e. The zero-order valence-corrected chi connectivity index (χ0v) is 14.8. The maximum Gasteiger partial charge on any atom is 0.313 e. The predicted molar refractivity (Wildman–Crippen MR) is 94.5 cm³/mol. The minimum atomic E-state index is -3.77. The van der Waals surface area contributed by atoms with Crippen LogP contribution < -0.4 is 15.8 Å². The van der Waals surface area contributed by atoms with Gasteiger partial charge in [-0.25, -0.2) is 13.6 Å². The largest absolute Gasteiger partial charge is 0.344 e. The standard InChI is InChI=1S/C16H16ClN3O4S/c1-10-8-12(17)4-7-14(10)20-16(22)15(21)19-9-11-2-5-13(6-3-11)25(18,23)24/h2-8H,9H2,1H3,(H,19,21)(H,20,22)(H2,18,23,24). The Labute approximate surface area is 150 Å². The second-order valence-corrected chi connectivity index (χ2v) is 7.28. The van der Waals surface area contributed by atoms with E-state index in [-0.39, 0.29) is 11.4 Å². The van der Waals surface area contributed by atoms with Gasteiger partial charge in [-0.3, -0.25) is 9.59 Å². The van der Waals surface area contributed by atoms with Crippen molar-refractivity contribution in [2.45, 2.75) is 18.4 Å². The van der Waals surface area contributed by atoms with Gasteiger partial charge < -0.3 is 10.6 Å². The third kappa shape index (κ3) is 5.28. The molecule has 9 heteroatoms. The van der Waals surface area contributed by atoms with Crippen LogP contribution in [0.4, 0.5) is 5.69 Å². The summed E-state index contributed by atoms with van der Waals surface area (Å²) in [5.41, 5.74) is 1.84. The Morgan fingerprint density at radius 2 is 1.72 bits per heavy atom. The monoisotopic (exact) mass is 381 g/mol. The lowest BCUT2D eigenvalue weighted by Gasteiger charge is -2.09. The number of benzene rings is 2. The average molecular weight is 382 g/mol. The first-order valence-corrected chi connectivity index (χ1v) is 9.06. The van der Waals surface area contributed by atoms with E-state index in [0.29, 0.717) is 16.3 Å². The first kappa shape index (κ1) is 18.9. The van der Waals surface area contributed by atoms with Gasteiger partial charge in [0.25, 0.3) is 0 Å². The molecular weight excluding hydrogens is 366 g/mol. The van der Waals surface area contributed by atoms with E-state index in [4.69, 9.17) is 16.7 Å². The Balaban J connectivity index is 1.94. The molecule has 2 rings (SSSR count). The lowest BCUT2D eigenvalue weighted by atomic mass is 10.2. The van der Waals surface area contributed by atoms with Crippen LogP contribution in [0.1, 0.15) is 11.1 Å². The van der Waals surface area contributed by atoms with Gasteiger partial charge in [0.05, 0.1) is 4.90 Å². The Kier molecular flexibility index (Phi) is 5.78. The van der Waals surface area contributed by atoms with Gasteiger partial charge in [-0.15, -0.1) is 0 Å². The first-order chi connectivity index (χ1) is 11.7. The van der Waals surface area contributed by atoms with Gasteiger partial charge in [0.1, 0.15) is 0 Å². The number of aryl methyl sites for hydroxylation is 1. The van der Waals surface area contributed by atoms with Gasteiger partial charge >= 0.3 is 11.8 Å². The Bertz CT molecular complexity index is 911. The topological polar surface area (TPSA) is 118 Å². The molecular formula is C16H16ClN3O4S. The molecule has 0 bridgehead atoms. The van der Waals surface area contributed by atoms with Crippen molar-refractivity contribution >= 4 is 39.1 Å². The molecule has 2 aromatic carbocycles. The maximum atomic E-state index is 11.9. The number of nitrogens with two attached hydrogens (primary N) is 1. The van der Waals surface area contributed by atoms with E-state index < -0.39 is 21.8 Å². The SMILES string of the molecule is Cc1cc(Cl)ccc1NC(=O)C(=O)NCc1ccc(S(N)(=O)=O)cc1. The summed E-state index contributed by atoms with van der Waals surface area (Å²) in [6, 6.07) is 10.5. The third-order valence-electron chi connectivity index (χ3n) is 3.35. The van der Waals surface area contributed by atoms with Gasteiger partial charge in [-0.05, 0) is 48.4 Å². The van der Waals surface area contributed by atoms with Crippen molar-refractivity contribution in [2.24, 2.45) is 5.14 Å². The minimum absolute atomic E-state index is 0.0291. The summed E-state index contributed by atoms with van der Waals surface area (Å²) in [5, 5.41) is 10.5. The smallest absolute Gasteiger partial charge is 0.313 e. The summed E-state index contributed by atoms with van der Waals surface area (Å²) in [6.45, 7) is 1.82. The van der Waals surface area contributed by atoms with Crippen molar-refractivity contribution in [3.8, 4) is 0 Å². The molecule has 2 amide bonds. The predicted octanol–water partition coefficient (Wildman–Crippen LogP) is 1.55. The number of anilines is 1. The van der Waals surface area contributed by atoms with E-state index in [1.807, 2.05) is 0 Å². The van der Waals surface area contributed by atoms with Crippen molar-refractivity contribution in [3.05, 3.63) is 58.6 Å². The van der Waals surface area contributed by atoms with Crippen LogP contribution in [0.5, 0.6) is 0 Å². The van der Waals surface area contributed by atoms with E-state index in [1.54, 1.807) is 25.1 Å². The van der Waals surface area contributed by atoms with Crippen molar-refractivity contribution in [1.29, 1.82) is 0 Å². The lowest BCUT2D eigenvalue weighted by molar-refractivity contribution is -0.136. The average Bonchev–Trinajstić information content (AvgIpc) is 2.54. The van der Waals surface area contributed by atoms with Crippen molar-refractivity contribution in [1.82, 2.24) is 5.32 Å². The molecule has 2 aromatic rings. The summed E-state index contributed by atoms with van der Waals surface area (Å²) in [5.74, 6) is -1.63. The number of carbonyl (C=O) groups is 2. The highest BCUT2D eigenvalue weighted by Gasteiger charge is 2.14. The fourth-order valence-corrected chi connectivity index (χ4v) is 2.75. The van der Waals surface area contributed by atoms with Crippen molar-refractivity contribution < 1.29 is 18.0 Å². The van der Waals surface area contributed by atoms with E-state index in [0.717, 1.165) is 5.56 Å². The molecule has 0 fully saturated rings. The lowest BCUT2D eigenvalue weighted by Crippen LogP contribution is -2.35. The number of nitrogens with one attached hydrogen (secondary N) is 2. The number of hydrogen-bond donors (Lipinski definition) is 3. The van der Waals surface area contributed by atoms with Crippen LogP contribution in [-0.4, -0.2) is 20.2 Å². The molecule has 0 aromatic heterocycles. The summed E-state index contributed by atoms with van der Waals surface area (Å²) >= 11 is 5.84. The first-order valence-electron chi connectivity index (χ1n) is 7.14. The second kappa shape index (κ2) is 7.64. The number of hydrogen-bond acceptors (Lipinski definition) is 4. The highest BCUT2D eigenvalue weighted by Crippen LogP contribution is 2.19. The second-order valence-electron chi connectivity index (χ2n) is 5.29. The highest BCUT2D eigenvalue weighted by molar-refractivity contribution is 7.89. The molecule has 0 unspecified atom stereocenters. The van der Waals surface area contributed by atoms with Crippen molar-refractivity contribution in [3.63, 3.8) is 0 Å². The normalized spacial score (nSPS) is 11.0. The number of carbonyl (C=O) groups excluding carboxylic acids is 2. The molecule has 0 heterocycles. The van der Waals surface area contributed by atoms with Crippen LogP contribution >= 0.6 is 11.6 Å². The van der Waals surface area contributed by atoms with Crippen LogP contribution in [0.15, 0.2) is 47.4 Å². The molecule has 4 N–H and O–H groups in total. The zero-order valence-electron chi connectivity index (χ0n) is 13.2. The van der Waals surface area contributed by atoms with E-state index in [1.165, 1.54) is 24.3 Å². The quantitative estimate of drug-likeness (QED) is 0.696. The fourth-order valence-electron chi connectivity index (χ4n) is 2.01. The van der Waals surface area contributed by atoms with E-state index in [2.05, 4.69) is 10.6 Å². The zero-order chi connectivity index (χ0) is 18.6. The molecule has 0 aliphatic carbocycles. The summed E-state index contributed by atoms with van der Waals surface area (Å²) < 4.78 is 22.3. The summed E-state index contributed by atoms with van der Waals surface area (Å²) in [4.78, 5) is 23.7. The van der Waals surface area contributed by atoms with Gasteiger partial charge in [-0.2, -0.15) is 0 Å². The fraction of sp³-hybridized carbons (Fsp3) is 0.125. The Morgan fingerprint density at radius 1 is 1.08 bits per heavy atom. The van der Waals surface area contributed by atoms with Crippen LogP contribution in [0.2, 0.25) is 5.02 Å². The molecule has 0 spiro atoms. The van der Waals surface area contributed by atoms with Gasteiger partial charge in [-0.1, -0.05) is 23.7 Å². The Hall–Kier alpha value is -2.42. The van der Waals surface area contributed by atoms with Gasteiger partial charge in [0, 0.05) is 17.3 Å². The van der Waals surface area contributed by atoms with Gasteiger partial charge in [0.15, 0.2) is 0 Å². The van der Waals surface area contributed by atoms with E-state index >= 15 is 0 Å². The Morgan fingerprint density at radius 3 is 2.28 bits per heavy atom. The van der Waals surface area contributed by atoms with E-state index in [9.17, 15) is 18.0 Å². The number of sulfonamides is 1. The molecule has 7 nitrogen and oxygen atoms in total. The van der Waals surface area contributed by atoms with Crippen LogP contribution in [-0.2, 0) is 26.2 Å². The molecule has 0 atom stereocenters. The molecule has 0 aliphatic rings.